The van der Waals surface area contributed by atoms with Crippen molar-refractivity contribution >= 4 is 22.1 Å². The van der Waals surface area contributed by atoms with Crippen LogP contribution < -0.4 is 5.19 Å². The molecule has 1 aromatic rings. The van der Waals surface area contributed by atoms with Crippen LogP contribution in [-0.2, 0) is 4.12 Å². The second kappa shape index (κ2) is 5.95. The van der Waals surface area contributed by atoms with Crippen molar-refractivity contribution in [3.63, 3.8) is 0 Å². The van der Waals surface area contributed by atoms with Gasteiger partial charge in [0.2, 0.25) is 0 Å². The summed E-state index contributed by atoms with van der Waals surface area (Å²) in [5, 5.41) is 0.979. The molecule has 0 saturated carbocycles. The average molecular weight is 269 g/mol. The molecule has 1 rings (SSSR count). The molecule has 2 nitrogen and oxygen atoms in total. The molecule has 0 bridgehead atoms. The molecule has 17 heavy (non-hydrogen) atoms. The standard InChI is InChI=1S/C13H24O2Si2/c1-5-17(6-2,7-3)15-16(4,14)13-11-9-8-10-12-13/h8-12,14H,5-7H2,1-4H3. The normalized spacial score (nSPS) is 15.6. The minimum atomic E-state index is -2.72. The van der Waals surface area contributed by atoms with Gasteiger partial charge in [-0.1, -0.05) is 51.1 Å². The molecule has 0 saturated heterocycles. The van der Waals surface area contributed by atoms with E-state index in [0.29, 0.717) is 0 Å². The van der Waals surface area contributed by atoms with E-state index in [1.165, 1.54) is 0 Å². The van der Waals surface area contributed by atoms with Crippen molar-refractivity contribution in [1.82, 2.24) is 0 Å². The quantitative estimate of drug-likeness (QED) is 0.804. The fraction of sp³-hybridized carbons (Fsp3) is 0.538. The van der Waals surface area contributed by atoms with Gasteiger partial charge < -0.3 is 8.91 Å². The molecular formula is C13H24O2Si2. The van der Waals surface area contributed by atoms with Gasteiger partial charge in [-0.2, -0.15) is 0 Å². The minimum Gasteiger partial charge on any atom is -0.432 e. The molecule has 1 atom stereocenters. The maximum Gasteiger partial charge on any atom is 0.356 e. The summed E-state index contributed by atoms with van der Waals surface area (Å²) in [6.45, 7) is 8.46. The lowest BCUT2D eigenvalue weighted by atomic mass is 10.4. The fourth-order valence-corrected chi connectivity index (χ4v) is 10.1. The molecular weight excluding hydrogens is 244 g/mol. The molecule has 1 aromatic carbocycles. The molecule has 0 aromatic heterocycles. The Morgan fingerprint density at radius 3 is 1.88 bits per heavy atom. The molecule has 0 aliphatic carbocycles. The molecule has 0 heterocycles. The lowest BCUT2D eigenvalue weighted by Crippen LogP contribution is -2.56. The predicted molar refractivity (Wildman–Crippen MR) is 78.2 cm³/mol. The zero-order valence-corrected chi connectivity index (χ0v) is 13.4. The molecule has 0 radical (unpaired) electrons. The Morgan fingerprint density at radius 1 is 1.00 bits per heavy atom. The van der Waals surface area contributed by atoms with Crippen molar-refractivity contribution in [1.29, 1.82) is 0 Å². The van der Waals surface area contributed by atoms with Gasteiger partial charge in [0.05, 0.1) is 0 Å². The summed E-state index contributed by atoms with van der Waals surface area (Å²) in [7, 11) is -4.44. The van der Waals surface area contributed by atoms with Crippen LogP contribution in [0.25, 0.3) is 0 Å². The number of rotatable bonds is 6. The first-order chi connectivity index (χ1) is 7.99. The lowest BCUT2D eigenvalue weighted by Gasteiger charge is -2.35. The monoisotopic (exact) mass is 268 g/mol. The first kappa shape index (κ1) is 14.6. The van der Waals surface area contributed by atoms with E-state index in [-0.39, 0.29) is 0 Å². The van der Waals surface area contributed by atoms with Crippen molar-refractivity contribution in [3.8, 4) is 0 Å². The van der Waals surface area contributed by atoms with Crippen LogP contribution in [0.5, 0.6) is 0 Å². The molecule has 1 unspecified atom stereocenters. The second-order valence-corrected chi connectivity index (χ2v) is 12.5. The third-order valence-corrected chi connectivity index (χ3v) is 12.3. The lowest BCUT2D eigenvalue weighted by molar-refractivity contribution is 0.389. The van der Waals surface area contributed by atoms with Gasteiger partial charge in [-0.15, -0.1) is 0 Å². The van der Waals surface area contributed by atoms with Crippen LogP contribution in [0.4, 0.5) is 0 Å². The molecule has 0 amide bonds. The van der Waals surface area contributed by atoms with Crippen molar-refractivity contribution in [2.45, 2.75) is 45.5 Å². The highest BCUT2D eigenvalue weighted by Crippen LogP contribution is 2.24. The molecule has 0 aliphatic heterocycles. The Hall–Kier alpha value is -0.426. The minimum absolute atomic E-state index is 0.979. The van der Waals surface area contributed by atoms with Crippen LogP contribution in [0.3, 0.4) is 0 Å². The molecule has 4 heteroatoms. The van der Waals surface area contributed by atoms with Gasteiger partial charge in [-0.3, -0.25) is 0 Å². The average Bonchev–Trinajstić information content (AvgIpc) is 2.37. The van der Waals surface area contributed by atoms with Crippen molar-refractivity contribution < 1.29 is 8.91 Å². The Morgan fingerprint density at radius 2 is 1.47 bits per heavy atom. The molecule has 0 aliphatic rings. The van der Waals surface area contributed by atoms with Gasteiger partial charge in [0, 0.05) is 0 Å². The molecule has 1 N–H and O–H groups in total. The Labute approximate surface area is 107 Å². The fourth-order valence-electron chi connectivity index (χ4n) is 2.19. The van der Waals surface area contributed by atoms with E-state index in [4.69, 9.17) is 4.12 Å². The van der Waals surface area contributed by atoms with E-state index in [0.717, 1.165) is 23.3 Å². The zero-order valence-electron chi connectivity index (χ0n) is 11.4. The number of hydrogen-bond donors (Lipinski definition) is 1. The highest BCUT2D eigenvalue weighted by molar-refractivity contribution is 6.89. The Kier molecular flexibility index (Phi) is 5.12. The van der Waals surface area contributed by atoms with Crippen molar-refractivity contribution in [2.75, 3.05) is 0 Å². The van der Waals surface area contributed by atoms with Gasteiger partial charge in [0.15, 0.2) is 8.32 Å². The third kappa shape index (κ3) is 3.51. The molecule has 0 fully saturated rings. The van der Waals surface area contributed by atoms with Crippen LogP contribution in [0.2, 0.25) is 24.7 Å². The van der Waals surface area contributed by atoms with Crippen LogP contribution >= 0.6 is 0 Å². The van der Waals surface area contributed by atoms with Crippen LogP contribution in [0.15, 0.2) is 30.3 Å². The Balaban J connectivity index is 2.92. The second-order valence-electron chi connectivity index (χ2n) is 4.69. The van der Waals surface area contributed by atoms with Crippen LogP contribution in [0, 0.1) is 0 Å². The summed E-state index contributed by atoms with van der Waals surface area (Å²) in [4.78, 5) is 10.7. The summed E-state index contributed by atoms with van der Waals surface area (Å²) in [5.74, 6) is 0. The summed E-state index contributed by atoms with van der Waals surface area (Å²) in [6, 6.07) is 13.1. The van der Waals surface area contributed by atoms with Crippen LogP contribution in [0.1, 0.15) is 20.8 Å². The zero-order chi connectivity index (χ0) is 12.9. The highest BCUT2D eigenvalue weighted by atomic mass is 28.4. The van der Waals surface area contributed by atoms with Gasteiger partial charge in [-0.05, 0) is 29.9 Å². The van der Waals surface area contributed by atoms with Gasteiger partial charge in [0.1, 0.15) is 0 Å². The van der Waals surface area contributed by atoms with Gasteiger partial charge >= 0.3 is 8.56 Å². The van der Waals surface area contributed by atoms with Gasteiger partial charge in [0.25, 0.3) is 0 Å². The van der Waals surface area contributed by atoms with E-state index < -0.39 is 16.9 Å². The smallest absolute Gasteiger partial charge is 0.356 e. The first-order valence-corrected chi connectivity index (χ1v) is 11.4. The summed E-state index contributed by atoms with van der Waals surface area (Å²) in [6.07, 6.45) is 0. The number of hydrogen-bond acceptors (Lipinski definition) is 2. The van der Waals surface area contributed by atoms with E-state index in [1.807, 2.05) is 36.9 Å². The maximum atomic E-state index is 10.7. The van der Waals surface area contributed by atoms with Crippen molar-refractivity contribution in [2.24, 2.45) is 0 Å². The maximum absolute atomic E-state index is 10.7. The van der Waals surface area contributed by atoms with E-state index in [9.17, 15) is 4.80 Å². The largest absolute Gasteiger partial charge is 0.432 e. The third-order valence-electron chi connectivity index (χ3n) is 3.66. The first-order valence-electron chi connectivity index (χ1n) is 6.47. The molecule has 0 spiro atoms. The van der Waals surface area contributed by atoms with Crippen LogP contribution in [-0.4, -0.2) is 21.7 Å². The van der Waals surface area contributed by atoms with E-state index in [2.05, 4.69) is 20.8 Å². The van der Waals surface area contributed by atoms with Gasteiger partial charge in [-0.25, -0.2) is 0 Å². The summed E-state index contributed by atoms with van der Waals surface area (Å²) < 4.78 is 6.29. The number of benzene rings is 1. The molecule has 96 valence electrons. The van der Waals surface area contributed by atoms with E-state index >= 15 is 0 Å². The van der Waals surface area contributed by atoms with E-state index in [1.54, 1.807) is 0 Å². The predicted octanol–water partition coefficient (Wildman–Crippen LogP) is 2.98. The topological polar surface area (TPSA) is 29.5 Å². The highest BCUT2D eigenvalue weighted by Gasteiger charge is 2.40. The SMILES string of the molecule is CC[Si](CC)(CC)O[Si](C)(O)c1ccccc1. The summed E-state index contributed by atoms with van der Waals surface area (Å²) >= 11 is 0. The van der Waals surface area contributed by atoms with Crippen molar-refractivity contribution in [3.05, 3.63) is 30.3 Å². The Bertz CT molecular complexity index is 326. The summed E-state index contributed by atoms with van der Waals surface area (Å²) in [5.41, 5.74) is 0.